The van der Waals surface area contributed by atoms with Gasteiger partial charge in [0.25, 0.3) is 0 Å². The minimum Gasteiger partial charge on any atom is -0.493 e. The maximum Gasteiger partial charge on any atom is 0.191 e. The number of guanidine groups is 1. The van der Waals surface area contributed by atoms with Crippen LogP contribution in [0.25, 0.3) is 0 Å². The highest BCUT2D eigenvalue weighted by atomic mass is 127. The zero-order valence-corrected chi connectivity index (χ0v) is 20.0. The number of benzene rings is 1. The number of halogens is 1. The van der Waals surface area contributed by atoms with Gasteiger partial charge in [-0.2, -0.15) is 0 Å². The van der Waals surface area contributed by atoms with Crippen molar-refractivity contribution in [3.63, 3.8) is 0 Å². The van der Waals surface area contributed by atoms with E-state index in [0.29, 0.717) is 12.5 Å². The monoisotopic (exact) mass is 529 g/mol. The predicted molar refractivity (Wildman–Crippen MR) is 128 cm³/mol. The number of furan rings is 1. The predicted octanol–water partition coefficient (Wildman–Crippen LogP) is 3.49. The highest BCUT2D eigenvalue weighted by molar-refractivity contribution is 14.0. The Hall–Kier alpha value is -1.94. The SMILES string of the molecule is COc1ccccc1OC(C)CN=C(NCCc1ccco1)NCC1CCOC1.I. The number of aliphatic imine (C=N–C) groups is 1. The molecule has 1 aliphatic rings. The molecule has 0 radical (unpaired) electrons. The van der Waals surface area contributed by atoms with E-state index < -0.39 is 0 Å². The van der Waals surface area contributed by atoms with Crippen LogP contribution in [0.3, 0.4) is 0 Å². The average molecular weight is 529 g/mol. The molecule has 7 nitrogen and oxygen atoms in total. The Morgan fingerprint density at radius 3 is 2.73 bits per heavy atom. The van der Waals surface area contributed by atoms with Crippen LogP contribution in [0.1, 0.15) is 19.1 Å². The van der Waals surface area contributed by atoms with Crippen LogP contribution >= 0.6 is 24.0 Å². The van der Waals surface area contributed by atoms with Gasteiger partial charge in [-0.15, -0.1) is 24.0 Å². The zero-order chi connectivity index (χ0) is 20.3. The topological polar surface area (TPSA) is 77.2 Å². The molecule has 0 spiro atoms. The van der Waals surface area contributed by atoms with Crippen molar-refractivity contribution in [1.29, 1.82) is 0 Å². The van der Waals surface area contributed by atoms with Crippen molar-refractivity contribution in [2.45, 2.75) is 25.9 Å². The van der Waals surface area contributed by atoms with E-state index in [4.69, 9.17) is 23.6 Å². The highest BCUT2D eigenvalue weighted by Crippen LogP contribution is 2.26. The lowest BCUT2D eigenvalue weighted by molar-refractivity contribution is 0.186. The zero-order valence-electron chi connectivity index (χ0n) is 17.6. The van der Waals surface area contributed by atoms with E-state index in [9.17, 15) is 0 Å². The van der Waals surface area contributed by atoms with E-state index in [2.05, 4.69) is 10.6 Å². The van der Waals surface area contributed by atoms with E-state index in [0.717, 1.165) is 62.4 Å². The quantitative estimate of drug-likeness (QED) is 0.279. The molecule has 0 bridgehead atoms. The average Bonchev–Trinajstić information content (AvgIpc) is 3.44. The molecule has 1 aromatic heterocycles. The van der Waals surface area contributed by atoms with Gasteiger partial charge in [-0.1, -0.05) is 12.1 Å². The number of nitrogens with one attached hydrogen (secondary N) is 2. The third-order valence-electron chi connectivity index (χ3n) is 4.73. The molecule has 0 amide bonds. The van der Waals surface area contributed by atoms with Crippen LogP contribution < -0.4 is 20.1 Å². The van der Waals surface area contributed by atoms with Crippen molar-refractivity contribution in [2.24, 2.45) is 10.9 Å². The third kappa shape index (κ3) is 8.06. The van der Waals surface area contributed by atoms with E-state index in [1.54, 1.807) is 13.4 Å². The van der Waals surface area contributed by atoms with Gasteiger partial charge in [0.1, 0.15) is 11.9 Å². The number of hydrogen-bond acceptors (Lipinski definition) is 5. The summed E-state index contributed by atoms with van der Waals surface area (Å²) < 4.78 is 22.2. The second kappa shape index (κ2) is 13.4. The Labute approximate surface area is 195 Å². The van der Waals surface area contributed by atoms with Crippen LogP contribution in [-0.4, -0.2) is 52.0 Å². The minimum atomic E-state index is -0.0928. The first-order valence-electron chi connectivity index (χ1n) is 10.2. The molecule has 8 heteroatoms. The molecule has 0 saturated carbocycles. The number of nitrogens with zero attached hydrogens (tertiary/aromatic N) is 1. The number of methoxy groups -OCH3 is 1. The molecule has 1 aliphatic heterocycles. The summed E-state index contributed by atoms with van der Waals surface area (Å²) >= 11 is 0. The lowest BCUT2D eigenvalue weighted by atomic mass is 10.1. The van der Waals surface area contributed by atoms with Crippen LogP contribution in [0, 0.1) is 5.92 Å². The molecule has 1 fully saturated rings. The minimum absolute atomic E-state index is 0. The molecule has 2 atom stereocenters. The van der Waals surface area contributed by atoms with Crippen LogP contribution in [0.4, 0.5) is 0 Å². The second-order valence-electron chi connectivity index (χ2n) is 7.14. The molecule has 2 aromatic rings. The Morgan fingerprint density at radius 1 is 1.20 bits per heavy atom. The van der Waals surface area contributed by atoms with Gasteiger partial charge in [0, 0.05) is 32.0 Å². The number of rotatable bonds is 10. The van der Waals surface area contributed by atoms with E-state index in [1.165, 1.54) is 0 Å². The summed E-state index contributed by atoms with van der Waals surface area (Å²) in [5, 5.41) is 6.81. The lowest BCUT2D eigenvalue weighted by Gasteiger charge is -2.18. The Balaban J connectivity index is 0.00000320. The Kier molecular flexibility index (Phi) is 10.9. The molecule has 166 valence electrons. The van der Waals surface area contributed by atoms with Gasteiger partial charge in [-0.25, -0.2) is 4.99 Å². The van der Waals surface area contributed by atoms with Gasteiger partial charge in [0.15, 0.2) is 17.5 Å². The first kappa shape index (κ1) is 24.3. The van der Waals surface area contributed by atoms with Gasteiger partial charge in [0.2, 0.25) is 0 Å². The number of hydrogen-bond donors (Lipinski definition) is 2. The summed E-state index contributed by atoms with van der Waals surface area (Å²) in [4.78, 5) is 4.71. The maximum atomic E-state index is 6.01. The van der Waals surface area contributed by atoms with E-state index >= 15 is 0 Å². The van der Waals surface area contributed by atoms with Gasteiger partial charge < -0.3 is 29.3 Å². The number of para-hydroxylation sites is 2. The summed E-state index contributed by atoms with van der Waals surface area (Å²) in [5.41, 5.74) is 0. The molecule has 1 saturated heterocycles. The first-order valence-corrected chi connectivity index (χ1v) is 10.2. The fourth-order valence-electron chi connectivity index (χ4n) is 3.11. The summed E-state index contributed by atoms with van der Waals surface area (Å²) in [6, 6.07) is 11.5. The standard InChI is InChI=1S/C22H31N3O4.HI/c1-17(29-21-8-4-3-7-20(21)26-2)14-24-22(25-15-18-10-13-27-16-18)23-11-9-19-6-5-12-28-19;/h3-8,12,17-18H,9-11,13-16H2,1-2H3,(H2,23,24,25);1H. The van der Waals surface area contributed by atoms with Crippen molar-refractivity contribution in [1.82, 2.24) is 10.6 Å². The van der Waals surface area contributed by atoms with Gasteiger partial charge in [-0.3, -0.25) is 0 Å². The normalized spacial score (nSPS) is 17.1. The van der Waals surface area contributed by atoms with Crippen LogP contribution in [0.15, 0.2) is 52.1 Å². The van der Waals surface area contributed by atoms with Crippen molar-refractivity contribution in [3.8, 4) is 11.5 Å². The molecule has 2 heterocycles. The summed E-state index contributed by atoms with van der Waals surface area (Å²) in [6.45, 7) is 5.75. The fraction of sp³-hybridized carbons (Fsp3) is 0.500. The lowest BCUT2D eigenvalue weighted by Crippen LogP contribution is -2.41. The van der Waals surface area contributed by atoms with Gasteiger partial charge >= 0.3 is 0 Å². The molecule has 1 aromatic carbocycles. The van der Waals surface area contributed by atoms with E-state index in [-0.39, 0.29) is 30.1 Å². The van der Waals surface area contributed by atoms with Gasteiger partial charge in [0.05, 0.1) is 26.5 Å². The largest absolute Gasteiger partial charge is 0.493 e. The van der Waals surface area contributed by atoms with Crippen molar-refractivity contribution >= 4 is 29.9 Å². The van der Waals surface area contributed by atoms with Crippen LogP contribution in [0.5, 0.6) is 11.5 Å². The summed E-state index contributed by atoms with van der Waals surface area (Å²) in [6.07, 6.45) is 3.48. The molecular formula is C22H32IN3O4. The highest BCUT2D eigenvalue weighted by Gasteiger charge is 2.16. The van der Waals surface area contributed by atoms with Gasteiger partial charge in [-0.05, 0) is 37.6 Å². The number of ether oxygens (including phenoxy) is 3. The molecule has 0 aliphatic carbocycles. The molecule has 2 N–H and O–H groups in total. The molecule has 3 rings (SSSR count). The first-order chi connectivity index (χ1) is 14.2. The Bertz CT molecular complexity index is 749. The second-order valence-corrected chi connectivity index (χ2v) is 7.14. The smallest absolute Gasteiger partial charge is 0.191 e. The molecule has 30 heavy (non-hydrogen) atoms. The van der Waals surface area contributed by atoms with Crippen molar-refractivity contribution in [2.75, 3.05) is 40.0 Å². The fourth-order valence-corrected chi connectivity index (χ4v) is 3.11. The summed E-state index contributed by atoms with van der Waals surface area (Å²) in [7, 11) is 1.64. The van der Waals surface area contributed by atoms with Crippen LogP contribution in [0.2, 0.25) is 0 Å². The third-order valence-corrected chi connectivity index (χ3v) is 4.73. The van der Waals surface area contributed by atoms with Crippen molar-refractivity contribution < 1.29 is 18.6 Å². The maximum absolute atomic E-state index is 6.01. The Morgan fingerprint density at radius 2 is 2.03 bits per heavy atom. The molecular weight excluding hydrogens is 497 g/mol. The summed E-state index contributed by atoms with van der Waals surface area (Å²) in [5.74, 6) is 3.70. The van der Waals surface area contributed by atoms with Crippen molar-refractivity contribution in [3.05, 3.63) is 48.4 Å². The molecule has 2 unspecified atom stereocenters. The van der Waals surface area contributed by atoms with Crippen LogP contribution in [-0.2, 0) is 11.2 Å². The van der Waals surface area contributed by atoms with E-state index in [1.807, 2.05) is 43.3 Å².